The summed E-state index contributed by atoms with van der Waals surface area (Å²) in [6.07, 6.45) is 1.84. The van der Waals surface area contributed by atoms with E-state index in [0.29, 0.717) is 49.1 Å². The Bertz CT molecular complexity index is 1360. The number of ether oxygens (including phenoxy) is 1. The number of nitrogens with one attached hydrogen (secondary N) is 2. The van der Waals surface area contributed by atoms with Gasteiger partial charge in [0.1, 0.15) is 0 Å². The SMILES string of the molecule is CCOc1ccc2cc(S(=O)(=O)NC3CCC(C(=O)N[C@H](CC(=O)O)c4ccccc4)CC3)ccc2n1. The lowest BCUT2D eigenvalue weighted by molar-refractivity contribution is -0.138. The van der Waals surface area contributed by atoms with Gasteiger partial charge in [0.05, 0.1) is 29.5 Å². The molecule has 0 radical (unpaired) electrons. The van der Waals surface area contributed by atoms with E-state index in [-0.39, 0.29) is 29.2 Å². The van der Waals surface area contributed by atoms with Gasteiger partial charge in [-0.15, -0.1) is 0 Å². The summed E-state index contributed by atoms with van der Waals surface area (Å²) in [4.78, 5) is 28.8. The molecule has 4 rings (SSSR count). The highest BCUT2D eigenvalue weighted by Crippen LogP contribution is 2.28. The van der Waals surface area contributed by atoms with Crippen molar-refractivity contribution in [2.45, 2.75) is 56.0 Å². The maximum atomic E-state index is 13.0. The van der Waals surface area contributed by atoms with E-state index in [1.54, 1.807) is 48.5 Å². The summed E-state index contributed by atoms with van der Waals surface area (Å²) in [7, 11) is -3.75. The van der Waals surface area contributed by atoms with Crippen LogP contribution < -0.4 is 14.8 Å². The number of hydrogen-bond donors (Lipinski definition) is 3. The van der Waals surface area contributed by atoms with Gasteiger partial charge in [0.15, 0.2) is 0 Å². The number of rotatable bonds is 10. The molecular formula is C27H31N3O6S. The third kappa shape index (κ3) is 6.84. The number of sulfonamides is 1. The fourth-order valence-corrected chi connectivity index (χ4v) is 5.98. The highest BCUT2D eigenvalue weighted by atomic mass is 32.2. The van der Waals surface area contributed by atoms with Gasteiger partial charge in [0, 0.05) is 23.4 Å². The molecule has 0 bridgehead atoms. The third-order valence-corrected chi connectivity index (χ3v) is 8.07. The van der Waals surface area contributed by atoms with E-state index in [2.05, 4.69) is 15.0 Å². The molecule has 1 aliphatic rings. The molecule has 1 atom stereocenters. The number of hydrogen-bond acceptors (Lipinski definition) is 6. The Kier molecular flexibility index (Phi) is 8.40. The first-order valence-corrected chi connectivity index (χ1v) is 13.9. The Morgan fingerprint density at radius 3 is 2.46 bits per heavy atom. The molecule has 1 saturated carbocycles. The fraction of sp³-hybridized carbons (Fsp3) is 0.370. The number of carboxylic acid groups (broad SMARTS) is 1. The Hall–Kier alpha value is -3.50. The van der Waals surface area contributed by atoms with Crippen molar-refractivity contribution in [1.82, 2.24) is 15.0 Å². The average Bonchev–Trinajstić information content (AvgIpc) is 2.88. The van der Waals surface area contributed by atoms with Crippen molar-refractivity contribution in [2.24, 2.45) is 5.92 Å². The van der Waals surface area contributed by atoms with Gasteiger partial charge in [-0.25, -0.2) is 18.1 Å². The monoisotopic (exact) mass is 525 g/mol. The Labute approximate surface area is 216 Å². The minimum Gasteiger partial charge on any atom is -0.481 e. The molecule has 0 unspecified atom stereocenters. The van der Waals surface area contributed by atoms with Crippen LogP contribution in [0.2, 0.25) is 0 Å². The molecule has 0 saturated heterocycles. The predicted octanol–water partition coefficient (Wildman–Crippen LogP) is 3.80. The van der Waals surface area contributed by atoms with E-state index in [4.69, 9.17) is 4.74 Å². The second kappa shape index (κ2) is 11.7. The molecule has 196 valence electrons. The van der Waals surface area contributed by atoms with E-state index in [1.807, 2.05) is 13.0 Å². The number of benzene rings is 2. The molecule has 10 heteroatoms. The van der Waals surface area contributed by atoms with E-state index in [9.17, 15) is 23.1 Å². The van der Waals surface area contributed by atoms with Gasteiger partial charge in [0.25, 0.3) is 0 Å². The van der Waals surface area contributed by atoms with Crippen molar-refractivity contribution in [3.8, 4) is 5.88 Å². The number of amides is 1. The van der Waals surface area contributed by atoms with Gasteiger partial charge in [-0.05, 0) is 62.4 Å². The summed E-state index contributed by atoms with van der Waals surface area (Å²) in [6.45, 7) is 2.36. The van der Waals surface area contributed by atoms with Crippen LogP contribution >= 0.6 is 0 Å². The summed E-state index contributed by atoms with van der Waals surface area (Å²) in [6, 6.07) is 16.4. The van der Waals surface area contributed by atoms with Crippen molar-refractivity contribution in [2.75, 3.05) is 6.61 Å². The topological polar surface area (TPSA) is 135 Å². The lowest BCUT2D eigenvalue weighted by atomic mass is 9.85. The molecule has 0 spiro atoms. The van der Waals surface area contributed by atoms with Gasteiger partial charge < -0.3 is 15.2 Å². The molecule has 1 aromatic heterocycles. The number of nitrogens with zero attached hydrogens (tertiary/aromatic N) is 1. The highest BCUT2D eigenvalue weighted by Gasteiger charge is 2.30. The number of carbonyl (C=O) groups is 2. The number of carbonyl (C=O) groups excluding carboxylic acids is 1. The number of carboxylic acids is 1. The van der Waals surface area contributed by atoms with Crippen LogP contribution in [0.3, 0.4) is 0 Å². The minimum atomic E-state index is -3.75. The smallest absolute Gasteiger partial charge is 0.305 e. The van der Waals surface area contributed by atoms with E-state index in [1.165, 1.54) is 6.07 Å². The van der Waals surface area contributed by atoms with E-state index < -0.39 is 22.0 Å². The van der Waals surface area contributed by atoms with Gasteiger partial charge in [-0.2, -0.15) is 0 Å². The zero-order chi connectivity index (χ0) is 26.4. The molecular weight excluding hydrogens is 494 g/mol. The Morgan fingerprint density at radius 2 is 1.78 bits per heavy atom. The van der Waals surface area contributed by atoms with Crippen molar-refractivity contribution >= 4 is 32.8 Å². The lowest BCUT2D eigenvalue weighted by Crippen LogP contribution is -2.41. The van der Waals surface area contributed by atoms with Crippen LogP contribution in [-0.2, 0) is 19.6 Å². The molecule has 1 aliphatic carbocycles. The summed E-state index contributed by atoms with van der Waals surface area (Å²) < 4.78 is 34.3. The van der Waals surface area contributed by atoms with Crippen LogP contribution in [0.1, 0.15) is 50.6 Å². The molecule has 37 heavy (non-hydrogen) atoms. The fourth-order valence-electron chi connectivity index (χ4n) is 4.64. The summed E-state index contributed by atoms with van der Waals surface area (Å²) in [5, 5.41) is 12.8. The zero-order valence-electron chi connectivity index (χ0n) is 20.6. The van der Waals surface area contributed by atoms with Crippen molar-refractivity contribution < 1.29 is 27.9 Å². The molecule has 3 aromatic rings. The first kappa shape index (κ1) is 26.6. The predicted molar refractivity (Wildman–Crippen MR) is 139 cm³/mol. The number of aromatic nitrogens is 1. The first-order valence-electron chi connectivity index (χ1n) is 12.4. The summed E-state index contributed by atoms with van der Waals surface area (Å²) in [5.41, 5.74) is 1.38. The zero-order valence-corrected chi connectivity index (χ0v) is 21.4. The molecule has 1 amide bonds. The second-order valence-electron chi connectivity index (χ2n) is 9.18. The summed E-state index contributed by atoms with van der Waals surface area (Å²) in [5.74, 6) is -1.01. The normalized spacial score (nSPS) is 18.7. The Morgan fingerprint density at radius 1 is 1.05 bits per heavy atom. The van der Waals surface area contributed by atoms with Crippen LogP contribution in [0.15, 0.2) is 65.6 Å². The van der Waals surface area contributed by atoms with Crippen LogP contribution in [0.4, 0.5) is 0 Å². The van der Waals surface area contributed by atoms with Crippen LogP contribution in [0.25, 0.3) is 10.9 Å². The van der Waals surface area contributed by atoms with Gasteiger partial charge in [-0.3, -0.25) is 9.59 Å². The largest absolute Gasteiger partial charge is 0.481 e. The van der Waals surface area contributed by atoms with Gasteiger partial charge in [-0.1, -0.05) is 30.3 Å². The van der Waals surface area contributed by atoms with E-state index in [0.717, 1.165) is 5.56 Å². The van der Waals surface area contributed by atoms with Crippen LogP contribution in [-0.4, -0.2) is 43.0 Å². The number of aliphatic carboxylic acids is 1. The maximum absolute atomic E-state index is 13.0. The summed E-state index contributed by atoms with van der Waals surface area (Å²) >= 11 is 0. The molecule has 2 aromatic carbocycles. The molecule has 9 nitrogen and oxygen atoms in total. The quantitative estimate of drug-likeness (QED) is 0.366. The maximum Gasteiger partial charge on any atom is 0.305 e. The number of fused-ring (bicyclic) bond motifs is 1. The molecule has 3 N–H and O–H groups in total. The van der Waals surface area contributed by atoms with Crippen molar-refractivity contribution in [3.63, 3.8) is 0 Å². The van der Waals surface area contributed by atoms with Crippen LogP contribution in [0.5, 0.6) is 5.88 Å². The van der Waals surface area contributed by atoms with Gasteiger partial charge >= 0.3 is 5.97 Å². The standard InChI is InChI=1S/C27H31N3O6S/c1-2-36-25-15-10-20-16-22(13-14-23(20)28-25)37(34,35)30-21-11-8-19(9-12-21)27(33)29-24(17-26(31)32)18-6-4-3-5-7-18/h3-7,10,13-16,19,21,24,30H,2,8-9,11-12,17H2,1H3,(H,29,33)(H,31,32)/t19?,21?,24-/m1/s1. The minimum absolute atomic E-state index is 0.158. The highest BCUT2D eigenvalue weighted by molar-refractivity contribution is 7.89. The second-order valence-corrected chi connectivity index (χ2v) is 10.9. The van der Waals surface area contributed by atoms with E-state index >= 15 is 0 Å². The van der Waals surface area contributed by atoms with Gasteiger partial charge in [0.2, 0.25) is 21.8 Å². The average molecular weight is 526 g/mol. The lowest BCUT2D eigenvalue weighted by Gasteiger charge is -2.29. The van der Waals surface area contributed by atoms with Crippen LogP contribution in [0, 0.1) is 5.92 Å². The molecule has 1 heterocycles. The molecule has 1 fully saturated rings. The number of pyridine rings is 1. The third-order valence-electron chi connectivity index (χ3n) is 6.55. The molecule has 0 aliphatic heterocycles. The van der Waals surface area contributed by atoms with Crippen molar-refractivity contribution in [3.05, 3.63) is 66.2 Å². The Balaban J connectivity index is 1.35. The first-order chi connectivity index (χ1) is 17.7. The van der Waals surface area contributed by atoms with Crippen molar-refractivity contribution in [1.29, 1.82) is 0 Å².